The first-order valence-corrected chi connectivity index (χ1v) is 8.40. The second kappa shape index (κ2) is 7.83. The first-order chi connectivity index (χ1) is 12.1. The molecule has 0 heterocycles. The fourth-order valence-corrected chi connectivity index (χ4v) is 2.26. The van der Waals surface area contributed by atoms with E-state index in [9.17, 15) is 9.59 Å². The van der Waals surface area contributed by atoms with Crippen LogP contribution in [0.2, 0.25) is 0 Å². The molecule has 1 saturated carbocycles. The maximum atomic E-state index is 12.1. The van der Waals surface area contributed by atoms with E-state index in [0.717, 1.165) is 24.2 Å². The lowest BCUT2D eigenvalue weighted by molar-refractivity contribution is -0.154. The quantitative estimate of drug-likeness (QED) is 0.784. The van der Waals surface area contributed by atoms with Gasteiger partial charge in [0.1, 0.15) is 12.4 Å². The fraction of sp³-hybridized carbons (Fsp3) is 0.300. The Morgan fingerprint density at radius 2 is 1.76 bits per heavy atom. The van der Waals surface area contributed by atoms with Gasteiger partial charge < -0.3 is 14.8 Å². The van der Waals surface area contributed by atoms with Crippen LogP contribution in [0.4, 0.5) is 5.69 Å². The summed E-state index contributed by atoms with van der Waals surface area (Å²) in [6.07, 6.45) is 0.914. The van der Waals surface area contributed by atoms with E-state index >= 15 is 0 Å². The number of esters is 1. The van der Waals surface area contributed by atoms with Crippen molar-refractivity contribution in [2.45, 2.75) is 32.5 Å². The van der Waals surface area contributed by atoms with E-state index in [1.807, 2.05) is 30.3 Å². The van der Waals surface area contributed by atoms with Crippen molar-refractivity contribution in [3.8, 4) is 5.75 Å². The lowest BCUT2D eigenvalue weighted by Gasteiger charge is -2.13. The minimum Gasteiger partial charge on any atom is -0.489 e. The zero-order chi connectivity index (χ0) is 17.6. The van der Waals surface area contributed by atoms with Crippen LogP contribution in [-0.2, 0) is 20.9 Å². The van der Waals surface area contributed by atoms with Crippen molar-refractivity contribution in [2.24, 2.45) is 5.92 Å². The Kier molecular flexibility index (Phi) is 5.33. The Morgan fingerprint density at radius 1 is 1.08 bits per heavy atom. The molecule has 5 heteroatoms. The van der Waals surface area contributed by atoms with Gasteiger partial charge in [-0.25, -0.2) is 0 Å². The Labute approximate surface area is 147 Å². The van der Waals surface area contributed by atoms with E-state index in [4.69, 9.17) is 9.47 Å². The lowest BCUT2D eigenvalue weighted by Crippen LogP contribution is -2.30. The molecule has 0 unspecified atom stereocenters. The first kappa shape index (κ1) is 17.0. The minimum atomic E-state index is -0.804. The van der Waals surface area contributed by atoms with Crippen molar-refractivity contribution in [2.75, 3.05) is 5.32 Å². The lowest BCUT2D eigenvalue weighted by atomic mass is 10.2. The Morgan fingerprint density at radius 3 is 2.40 bits per heavy atom. The van der Waals surface area contributed by atoms with Gasteiger partial charge in [-0.2, -0.15) is 0 Å². The van der Waals surface area contributed by atoms with Crippen LogP contribution in [0.5, 0.6) is 5.75 Å². The van der Waals surface area contributed by atoms with E-state index < -0.39 is 6.10 Å². The highest BCUT2D eigenvalue weighted by atomic mass is 16.5. The SMILES string of the molecule is C[C@H](OC(=O)C1CC1)C(=O)Nc1ccc(OCc2ccccc2)cc1. The molecule has 0 spiro atoms. The molecule has 0 bridgehead atoms. The van der Waals surface area contributed by atoms with Crippen molar-refractivity contribution < 1.29 is 19.1 Å². The van der Waals surface area contributed by atoms with Gasteiger partial charge in [0.05, 0.1) is 5.92 Å². The smallest absolute Gasteiger partial charge is 0.309 e. The van der Waals surface area contributed by atoms with Crippen molar-refractivity contribution in [3.63, 3.8) is 0 Å². The highest BCUT2D eigenvalue weighted by molar-refractivity contribution is 5.95. The maximum Gasteiger partial charge on any atom is 0.309 e. The van der Waals surface area contributed by atoms with E-state index in [1.165, 1.54) is 0 Å². The van der Waals surface area contributed by atoms with Crippen LogP contribution in [0.15, 0.2) is 54.6 Å². The summed E-state index contributed by atoms with van der Waals surface area (Å²) in [7, 11) is 0. The zero-order valence-corrected chi connectivity index (χ0v) is 14.1. The number of amides is 1. The van der Waals surface area contributed by atoms with Gasteiger partial charge in [-0.05, 0) is 49.6 Å². The second-order valence-corrected chi connectivity index (χ2v) is 6.14. The topological polar surface area (TPSA) is 64.6 Å². The second-order valence-electron chi connectivity index (χ2n) is 6.14. The Bertz CT molecular complexity index is 723. The molecule has 1 aliphatic rings. The summed E-state index contributed by atoms with van der Waals surface area (Å²) >= 11 is 0. The van der Waals surface area contributed by atoms with Crippen LogP contribution < -0.4 is 10.1 Å². The molecule has 2 aromatic carbocycles. The predicted octanol–water partition coefficient (Wildman–Crippen LogP) is 3.55. The third-order valence-corrected chi connectivity index (χ3v) is 3.94. The number of hydrogen-bond acceptors (Lipinski definition) is 4. The van der Waals surface area contributed by atoms with Gasteiger partial charge in [0, 0.05) is 5.69 Å². The van der Waals surface area contributed by atoms with Crippen molar-refractivity contribution in [1.29, 1.82) is 0 Å². The molecule has 25 heavy (non-hydrogen) atoms. The summed E-state index contributed by atoms with van der Waals surface area (Å²) in [5.74, 6) is 0.0747. The Hall–Kier alpha value is -2.82. The molecule has 1 amide bonds. The standard InChI is InChI=1S/C20H21NO4/c1-14(25-20(23)16-7-8-16)19(22)21-17-9-11-18(12-10-17)24-13-15-5-3-2-4-6-15/h2-6,9-12,14,16H,7-8,13H2,1H3,(H,21,22)/t14-/m0/s1. The molecular weight excluding hydrogens is 318 g/mol. The first-order valence-electron chi connectivity index (χ1n) is 8.40. The van der Waals surface area contributed by atoms with Crippen molar-refractivity contribution >= 4 is 17.6 Å². The molecule has 3 rings (SSSR count). The number of hydrogen-bond donors (Lipinski definition) is 1. The fourth-order valence-electron chi connectivity index (χ4n) is 2.26. The third kappa shape index (κ3) is 5.08. The monoisotopic (exact) mass is 339 g/mol. The highest BCUT2D eigenvalue weighted by Gasteiger charge is 2.33. The van der Waals surface area contributed by atoms with Crippen molar-refractivity contribution in [1.82, 2.24) is 0 Å². The van der Waals surface area contributed by atoms with Gasteiger partial charge in [0.25, 0.3) is 5.91 Å². The van der Waals surface area contributed by atoms with Crippen molar-refractivity contribution in [3.05, 3.63) is 60.2 Å². The van der Waals surface area contributed by atoms with Crippen LogP contribution in [0.25, 0.3) is 0 Å². The summed E-state index contributed by atoms with van der Waals surface area (Å²) in [5.41, 5.74) is 1.72. The number of nitrogens with one attached hydrogen (secondary N) is 1. The molecular formula is C20H21NO4. The van der Waals surface area contributed by atoms with Crippen LogP contribution in [0.3, 0.4) is 0 Å². The zero-order valence-electron chi connectivity index (χ0n) is 14.1. The van der Waals surface area contributed by atoms with E-state index in [0.29, 0.717) is 12.3 Å². The van der Waals surface area contributed by atoms with E-state index in [2.05, 4.69) is 5.32 Å². The van der Waals surface area contributed by atoms with Gasteiger partial charge in [-0.1, -0.05) is 30.3 Å². The van der Waals surface area contributed by atoms with E-state index in [-0.39, 0.29) is 17.8 Å². The minimum absolute atomic E-state index is 0.0173. The van der Waals surface area contributed by atoms with Gasteiger partial charge in [0.15, 0.2) is 6.10 Å². The molecule has 0 radical (unpaired) electrons. The molecule has 0 aromatic heterocycles. The summed E-state index contributed by atoms with van der Waals surface area (Å²) in [4.78, 5) is 23.7. The molecule has 1 aliphatic carbocycles. The number of anilines is 1. The number of carbonyl (C=O) groups excluding carboxylic acids is 2. The third-order valence-electron chi connectivity index (χ3n) is 3.94. The summed E-state index contributed by atoms with van der Waals surface area (Å²) in [6, 6.07) is 17.0. The van der Waals surface area contributed by atoms with Crippen LogP contribution in [-0.4, -0.2) is 18.0 Å². The normalized spacial score (nSPS) is 14.4. The summed E-state index contributed by atoms with van der Waals surface area (Å²) in [5, 5.41) is 2.74. The molecule has 5 nitrogen and oxygen atoms in total. The van der Waals surface area contributed by atoms with Crippen LogP contribution in [0, 0.1) is 5.92 Å². The number of benzene rings is 2. The van der Waals surface area contributed by atoms with Crippen LogP contribution in [0.1, 0.15) is 25.3 Å². The average Bonchev–Trinajstić information content (AvgIpc) is 3.47. The average molecular weight is 339 g/mol. The molecule has 1 N–H and O–H groups in total. The molecule has 130 valence electrons. The largest absolute Gasteiger partial charge is 0.489 e. The van der Waals surface area contributed by atoms with Gasteiger partial charge >= 0.3 is 5.97 Å². The van der Waals surface area contributed by atoms with Crippen LogP contribution >= 0.6 is 0 Å². The van der Waals surface area contributed by atoms with Gasteiger partial charge in [-0.15, -0.1) is 0 Å². The van der Waals surface area contributed by atoms with Gasteiger partial charge in [-0.3, -0.25) is 9.59 Å². The highest BCUT2D eigenvalue weighted by Crippen LogP contribution is 2.30. The molecule has 0 saturated heterocycles. The summed E-state index contributed by atoms with van der Waals surface area (Å²) < 4.78 is 10.8. The molecule has 0 aliphatic heterocycles. The molecule has 1 atom stereocenters. The van der Waals surface area contributed by atoms with Gasteiger partial charge in [0.2, 0.25) is 0 Å². The maximum absolute atomic E-state index is 12.1. The summed E-state index contributed by atoms with van der Waals surface area (Å²) in [6.45, 7) is 2.06. The number of carbonyl (C=O) groups is 2. The molecule has 1 fully saturated rings. The van der Waals surface area contributed by atoms with E-state index in [1.54, 1.807) is 31.2 Å². The number of rotatable bonds is 7. The number of ether oxygens (including phenoxy) is 2. The Balaban J connectivity index is 1.48. The predicted molar refractivity (Wildman–Crippen MR) is 94.1 cm³/mol. The molecule has 2 aromatic rings.